The largest absolute Gasteiger partial charge is 0.348 e. The first-order chi connectivity index (χ1) is 9.02. The quantitative estimate of drug-likeness (QED) is 0.523. The lowest BCUT2D eigenvalue weighted by Crippen LogP contribution is -2.02. The molecule has 0 amide bonds. The van der Waals surface area contributed by atoms with Crippen molar-refractivity contribution in [3.63, 3.8) is 0 Å². The lowest BCUT2D eigenvalue weighted by molar-refractivity contribution is -0.384. The van der Waals surface area contributed by atoms with Crippen molar-refractivity contribution in [1.82, 2.24) is 19.7 Å². The van der Waals surface area contributed by atoms with Crippen LogP contribution in [0.15, 0.2) is 12.5 Å². The van der Waals surface area contributed by atoms with Crippen LogP contribution in [0.2, 0.25) is 5.15 Å². The molecule has 0 spiro atoms. The van der Waals surface area contributed by atoms with Gasteiger partial charge in [0.15, 0.2) is 0 Å². The van der Waals surface area contributed by atoms with Crippen LogP contribution in [0.3, 0.4) is 0 Å². The van der Waals surface area contributed by atoms with Crippen LogP contribution >= 0.6 is 11.6 Å². The maximum atomic E-state index is 11.0. The van der Waals surface area contributed by atoms with Gasteiger partial charge < -0.3 is 5.32 Å². The van der Waals surface area contributed by atoms with Gasteiger partial charge in [0.2, 0.25) is 11.0 Å². The Morgan fingerprint density at radius 1 is 1.53 bits per heavy atom. The Bertz CT molecular complexity index is 626. The van der Waals surface area contributed by atoms with E-state index in [4.69, 9.17) is 11.6 Å². The Kier molecular flexibility index (Phi) is 3.61. The molecule has 2 aromatic rings. The summed E-state index contributed by atoms with van der Waals surface area (Å²) in [5.74, 6) is 0.0488. The number of anilines is 2. The van der Waals surface area contributed by atoms with Crippen molar-refractivity contribution in [2.75, 3.05) is 5.32 Å². The van der Waals surface area contributed by atoms with E-state index in [2.05, 4.69) is 20.4 Å². The Balaban J connectivity index is 2.43. The normalized spacial score (nSPS) is 10.5. The number of halogens is 1. The second-order valence-electron chi connectivity index (χ2n) is 3.76. The summed E-state index contributed by atoms with van der Waals surface area (Å²) in [6, 6.07) is 0. The van der Waals surface area contributed by atoms with Crippen LogP contribution in [0.1, 0.15) is 12.6 Å². The van der Waals surface area contributed by atoms with Crippen LogP contribution < -0.4 is 5.32 Å². The molecular weight excluding hydrogens is 272 g/mol. The second-order valence-corrected chi connectivity index (χ2v) is 4.12. The highest BCUT2D eigenvalue weighted by Crippen LogP contribution is 2.31. The van der Waals surface area contributed by atoms with Gasteiger partial charge in [0.1, 0.15) is 6.33 Å². The van der Waals surface area contributed by atoms with E-state index in [1.165, 1.54) is 6.33 Å². The Morgan fingerprint density at radius 3 is 2.89 bits per heavy atom. The van der Waals surface area contributed by atoms with E-state index in [9.17, 15) is 10.1 Å². The molecule has 0 aromatic carbocycles. The van der Waals surface area contributed by atoms with Crippen LogP contribution in [0, 0.1) is 10.1 Å². The van der Waals surface area contributed by atoms with E-state index < -0.39 is 4.92 Å². The monoisotopic (exact) mass is 282 g/mol. The van der Waals surface area contributed by atoms with E-state index in [-0.39, 0.29) is 16.7 Å². The van der Waals surface area contributed by atoms with Crippen LogP contribution in [0.5, 0.6) is 0 Å². The van der Waals surface area contributed by atoms with Crippen LogP contribution in [-0.2, 0) is 13.5 Å². The minimum atomic E-state index is -0.618. The minimum absolute atomic E-state index is 0.0488. The highest BCUT2D eigenvalue weighted by molar-refractivity contribution is 6.31. The van der Waals surface area contributed by atoms with E-state index in [1.807, 2.05) is 6.92 Å². The van der Waals surface area contributed by atoms with Crippen LogP contribution in [0.25, 0.3) is 0 Å². The van der Waals surface area contributed by atoms with Gasteiger partial charge in [-0.2, -0.15) is 5.10 Å². The first-order valence-electron chi connectivity index (χ1n) is 5.47. The highest BCUT2D eigenvalue weighted by atomic mass is 35.5. The fraction of sp³-hybridized carbons (Fsp3) is 0.300. The molecule has 0 fully saturated rings. The van der Waals surface area contributed by atoms with E-state index in [1.54, 1.807) is 17.9 Å². The predicted molar refractivity (Wildman–Crippen MR) is 69.6 cm³/mol. The summed E-state index contributed by atoms with van der Waals surface area (Å²) in [6.07, 6.45) is 3.58. The van der Waals surface area contributed by atoms with Gasteiger partial charge in [-0.1, -0.05) is 18.5 Å². The third-order valence-electron chi connectivity index (χ3n) is 2.45. The third kappa shape index (κ3) is 2.63. The molecule has 2 aromatic heterocycles. The molecule has 0 aliphatic rings. The minimum Gasteiger partial charge on any atom is -0.331 e. The number of nitrogens with zero attached hydrogens (tertiary/aromatic N) is 5. The second kappa shape index (κ2) is 5.19. The summed E-state index contributed by atoms with van der Waals surface area (Å²) in [4.78, 5) is 17.8. The summed E-state index contributed by atoms with van der Waals surface area (Å²) in [5.41, 5.74) is 1.09. The lowest BCUT2D eigenvalue weighted by atomic mass is 10.3. The van der Waals surface area contributed by atoms with Crippen molar-refractivity contribution in [1.29, 1.82) is 0 Å². The lowest BCUT2D eigenvalue weighted by Gasteiger charge is -2.05. The zero-order valence-corrected chi connectivity index (χ0v) is 11.0. The number of nitro groups is 1. The molecule has 0 radical (unpaired) electrons. The fourth-order valence-corrected chi connectivity index (χ4v) is 1.84. The summed E-state index contributed by atoms with van der Waals surface area (Å²) in [7, 11) is 1.77. The molecule has 0 aliphatic heterocycles. The first-order valence-corrected chi connectivity index (χ1v) is 5.85. The smallest absolute Gasteiger partial charge is 0.331 e. The number of nitrogens with one attached hydrogen (secondary N) is 1. The Labute approximate surface area is 113 Å². The Morgan fingerprint density at radius 2 is 2.26 bits per heavy atom. The fourth-order valence-electron chi connectivity index (χ4n) is 1.64. The molecule has 0 unspecified atom stereocenters. The van der Waals surface area contributed by atoms with Gasteiger partial charge in [-0.3, -0.25) is 14.8 Å². The number of aromatic nitrogens is 4. The third-order valence-corrected chi connectivity index (χ3v) is 2.73. The summed E-state index contributed by atoms with van der Waals surface area (Å²) >= 11 is 5.72. The van der Waals surface area contributed by atoms with Gasteiger partial charge in [-0.25, -0.2) is 9.97 Å². The summed E-state index contributed by atoms with van der Waals surface area (Å²) in [6.45, 7) is 1.94. The maximum Gasteiger partial charge on any atom is 0.348 e. The van der Waals surface area contributed by atoms with Crippen molar-refractivity contribution in [3.05, 3.63) is 33.5 Å². The molecule has 1 N–H and O–H groups in total. The van der Waals surface area contributed by atoms with Crippen molar-refractivity contribution >= 4 is 28.8 Å². The first kappa shape index (κ1) is 13.2. The zero-order chi connectivity index (χ0) is 14.0. The van der Waals surface area contributed by atoms with E-state index >= 15 is 0 Å². The van der Waals surface area contributed by atoms with Gasteiger partial charge in [-0.15, -0.1) is 0 Å². The molecule has 2 heterocycles. The standard InChI is InChI=1S/C10H11ClN6O2/c1-3-6-7(4-16(2)15-6)14-10-8(17(18)19)9(11)12-5-13-10/h4-5H,3H2,1-2H3,(H,12,13,14). The number of hydrogen-bond donors (Lipinski definition) is 1. The average Bonchev–Trinajstić information content (AvgIpc) is 2.69. The molecule has 8 nitrogen and oxygen atoms in total. The Hall–Kier alpha value is -2.22. The highest BCUT2D eigenvalue weighted by Gasteiger charge is 2.22. The van der Waals surface area contributed by atoms with E-state index in [0.717, 1.165) is 5.69 Å². The SMILES string of the molecule is CCc1nn(C)cc1Nc1ncnc(Cl)c1[N+](=O)[O-]. The molecule has 9 heteroatoms. The summed E-state index contributed by atoms with van der Waals surface area (Å²) in [5, 5.41) is 17.9. The topological polar surface area (TPSA) is 98.8 Å². The van der Waals surface area contributed by atoms with Crippen molar-refractivity contribution < 1.29 is 4.92 Å². The van der Waals surface area contributed by atoms with Gasteiger partial charge in [0.25, 0.3) is 0 Å². The molecule has 0 aliphatic carbocycles. The molecule has 0 bridgehead atoms. The maximum absolute atomic E-state index is 11.0. The molecule has 0 atom stereocenters. The van der Waals surface area contributed by atoms with Crippen LogP contribution in [0.4, 0.5) is 17.2 Å². The molecule has 0 saturated heterocycles. The number of rotatable bonds is 4. The summed E-state index contributed by atoms with van der Waals surface area (Å²) < 4.78 is 1.62. The zero-order valence-electron chi connectivity index (χ0n) is 10.3. The van der Waals surface area contributed by atoms with Crippen molar-refractivity contribution in [2.45, 2.75) is 13.3 Å². The van der Waals surface area contributed by atoms with Gasteiger partial charge >= 0.3 is 5.69 Å². The van der Waals surface area contributed by atoms with Crippen molar-refractivity contribution in [3.8, 4) is 0 Å². The molecule has 100 valence electrons. The van der Waals surface area contributed by atoms with E-state index in [0.29, 0.717) is 12.1 Å². The van der Waals surface area contributed by atoms with Crippen molar-refractivity contribution in [2.24, 2.45) is 7.05 Å². The van der Waals surface area contributed by atoms with Gasteiger partial charge in [0, 0.05) is 13.2 Å². The van der Waals surface area contributed by atoms with Gasteiger partial charge in [0.05, 0.1) is 16.3 Å². The molecule has 19 heavy (non-hydrogen) atoms. The van der Waals surface area contributed by atoms with Gasteiger partial charge in [-0.05, 0) is 6.42 Å². The van der Waals surface area contributed by atoms with Crippen LogP contribution in [-0.4, -0.2) is 24.7 Å². The number of hydrogen-bond acceptors (Lipinski definition) is 6. The average molecular weight is 283 g/mol. The number of aryl methyl sites for hydroxylation is 2. The molecular formula is C10H11ClN6O2. The predicted octanol–water partition coefficient (Wildman–Crippen LogP) is 2.08. The molecule has 0 saturated carbocycles. The molecule has 2 rings (SSSR count).